The molecule has 0 atom stereocenters. The van der Waals surface area contributed by atoms with Crippen molar-refractivity contribution in [3.05, 3.63) is 34.4 Å². The predicted molar refractivity (Wildman–Crippen MR) is 80.9 cm³/mol. The van der Waals surface area contributed by atoms with Crippen LogP contribution in [0.15, 0.2) is 24.3 Å². The summed E-state index contributed by atoms with van der Waals surface area (Å²) in [4.78, 5) is 24.3. The molecule has 1 fully saturated rings. The third kappa shape index (κ3) is 4.97. The number of hydrogen-bond donors (Lipinski definition) is 2. The molecule has 1 aliphatic heterocycles. The summed E-state index contributed by atoms with van der Waals surface area (Å²) >= 11 is 0. The molecular formula is C14H20N4O4. The van der Waals surface area contributed by atoms with Crippen molar-refractivity contribution in [1.29, 1.82) is 0 Å². The molecule has 0 spiro atoms. The molecule has 2 rings (SSSR count). The Balaban J connectivity index is 1.70. The number of carbonyl (C=O) groups is 1. The van der Waals surface area contributed by atoms with Crippen molar-refractivity contribution in [3.63, 3.8) is 0 Å². The Morgan fingerprint density at radius 1 is 1.36 bits per heavy atom. The molecule has 1 heterocycles. The first kappa shape index (κ1) is 16.2. The minimum absolute atomic E-state index is 0.102. The molecule has 1 aliphatic rings. The summed E-state index contributed by atoms with van der Waals surface area (Å²) in [6.07, 6.45) is 0. The average molecular weight is 308 g/mol. The molecule has 0 saturated carbocycles. The predicted octanol–water partition coefficient (Wildman–Crippen LogP) is -0.00500. The van der Waals surface area contributed by atoms with Gasteiger partial charge >= 0.3 is 5.69 Å². The summed E-state index contributed by atoms with van der Waals surface area (Å²) in [5.41, 5.74) is -0.142. The van der Waals surface area contributed by atoms with Gasteiger partial charge in [0, 0.05) is 45.3 Å². The zero-order valence-electron chi connectivity index (χ0n) is 12.3. The van der Waals surface area contributed by atoms with E-state index in [1.165, 1.54) is 12.1 Å². The number of ether oxygens (including phenoxy) is 1. The summed E-state index contributed by atoms with van der Waals surface area (Å²) in [5, 5.41) is 16.8. The normalized spacial score (nSPS) is 15.3. The van der Waals surface area contributed by atoms with Gasteiger partial charge in [-0.2, -0.15) is 0 Å². The number of rotatable bonds is 7. The highest BCUT2D eigenvalue weighted by molar-refractivity contribution is 5.77. The van der Waals surface area contributed by atoms with E-state index in [9.17, 15) is 14.9 Å². The number of nitro benzene ring substituents is 1. The van der Waals surface area contributed by atoms with Gasteiger partial charge in [0.15, 0.2) is 12.4 Å². The molecule has 0 unspecified atom stereocenters. The summed E-state index contributed by atoms with van der Waals surface area (Å²) in [6, 6.07) is 6.01. The summed E-state index contributed by atoms with van der Waals surface area (Å²) < 4.78 is 5.23. The smallest absolute Gasteiger partial charge is 0.310 e. The molecule has 1 aromatic rings. The van der Waals surface area contributed by atoms with Crippen LogP contribution in [-0.4, -0.2) is 61.6 Å². The zero-order chi connectivity index (χ0) is 15.8. The number of nitro groups is 1. The molecule has 0 aliphatic carbocycles. The highest BCUT2D eigenvalue weighted by Gasteiger charge is 2.15. The number of nitrogens with one attached hydrogen (secondary N) is 2. The number of carbonyl (C=O) groups excluding carboxylic acids is 1. The summed E-state index contributed by atoms with van der Waals surface area (Å²) in [7, 11) is 0. The van der Waals surface area contributed by atoms with Gasteiger partial charge in [-0.05, 0) is 6.07 Å². The molecule has 0 radical (unpaired) electrons. The fourth-order valence-corrected chi connectivity index (χ4v) is 2.21. The fourth-order valence-electron chi connectivity index (χ4n) is 2.21. The largest absolute Gasteiger partial charge is 0.477 e. The lowest BCUT2D eigenvalue weighted by Crippen LogP contribution is -2.46. The van der Waals surface area contributed by atoms with Crippen molar-refractivity contribution in [2.45, 2.75) is 0 Å². The number of nitrogens with zero attached hydrogens (tertiary/aromatic N) is 2. The highest BCUT2D eigenvalue weighted by atomic mass is 16.6. The van der Waals surface area contributed by atoms with Gasteiger partial charge in [0.05, 0.1) is 4.92 Å². The second-order valence-electron chi connectivity index (χ2n) is 4.96. The van der Waals surface area contributed by atoms with Crippen LogP contribution in [-0.2, 0) is 4.79 Å². The van der Waals surface area contributed by atoms with Gasteiger partial charge in [-0.1, -0.05) is 12.1 Å². The molecule has 8 nitrogen and oxygen atoms in total. The van der Waals surface area contributed by atoms with Crippen LogP contribution in [0.2, 0.25) is 0 Å². The van der Waals surface area contributed by atoms with Crippen LogP contribution in [0, 0.1) is 10.1 Å². The Labute approximate surface area is 128 Å². The van der Waals surface area contributed by atoms with Crippen molar-refractivity contribution in [2.24, 2.45) is 0 Å². The standard InChI is InChI=1S/C14H20N4O4/c19-14(16-7-10-17-8-5-15-6-9-17)11-22-13-4-2-1-3-12(13)18(20)21/h1-4,15H,5-11H2,(H,16,19). The molecule has 1 saturated heterocycles. The fraction of sp³-hybridized carbons (Fsp3) is 0.500. The lowest BCUT2D eigenvalue weighted by atomic mass is 10.3. The van der Waals surface area contributed by atoms with Crippen LogP contribution >= 0.6 is 0 Å². The van der Waals surface area contributed by atoms with Gasteiger partial charge in [0.1, 0.15) is 0 Å². The van der Waals surface area contributed by atoms with Crippen molar-refractivity contribution < 1.29 is 14.5 Å². The van der Waals surface area contributed by atoms with Crippen LogP contribution in [0.3, 0.4) is 0 Å². The second kappa shape index (κ2) is 8.30. The van der Waals surface area contributed by atoms with E-state index < -0.39 is 4.92 Å². The molecule has 22 heavy (non-hydrogen) atoms. The molecule has 1 amide bonds. The maximum atomic E-state index is 11.7. The first-order valence-electron chi connectivity index (χ1n) is 7.23. The Bertz CT molecular complexity index is 517. The number of amides is 1. The minimum Gasteiger partial charge on any atom is -0.477 e. The van der Waals surface area contributed by atoms with E-state index in [0.29, 0.717) is 6.54 Å². The third-order valence-corrected chi connectivity index (χ3v) is 3.38. The van der Waals surface area contributed by atoms with Crippen molar-refractivity contribution in [3.8, 4) is 5.75 Å². The Kier molecular flexibility index (Phi) is 6.11. The Morgan fingerprint density at radius 2 is 2.09 bits per heavy atom. The van der Waals surface area contributed by atoms with Crippen LogP contribution in [0.4, 0.5) is 5.69 Å². The van der Waals surface area contributed by atoms with E-state index in [2.05, 4.69) is 15.5 Å². The molecular weight excluding hydrogens is 288 g/mol. The van der Waals surface area contributed by atoms with Crippen molar-refractivity contribution >= 4 is 11.6 Å². The minimum atomic E-state index is -0.530. The molecule has 0 bridgehead atoms. The van der Waals surface area contributed by atoms with Gasteiger partial charge < -0.3 is 15.4 Å². The number of piperazine rings is 1. The van der Waals surface area contributed by atoms with Gasteiger partial charge in [0.2, 0.25) is 0 Å². The third-order valence-electron chi connectivity index (χ3n) is 3.38. The van der Waals surface area contributed by atoms with Gasteiger partial charge in [-0.15, -0.1) is 0 Å². The number of hydrogen-bond acceptors (Lipinski definition) is 6. The molecule has 1 aromatic carbocycles. The first-order chi connectivity index (χ1) is 10.7. The van der Waals surface area contributed by atoms with Gasteiger partial charge in [-0.25, -0.2) is 0 Å². The lowest BCUT2D eigenvalue weighted by molar-refractivity contribution is -0.385. The van der Waals surface area contributed by atoms with Crippen LogP contribution in [0.5, 0.6) is 5.75 Å². The van der Waals surface area contributed by atoms with Crippen LogP contribution in [0.1, 0.15) is 0 Å². The van der Waals surface area contributed by atoms with E-state index in [4.69, 9.17) is 4.74 Å². The highest BCUT2D eigenvalue weighted by Crippen LogP contribution is 2.25. The number of para-hydroxylation sites is 2. The van der Waals surface area contributed by atoms with Gasteiger partial charge in [0.25, 0.3) is 5.91 Å². The lowest BCUT2D eigenvalue weighted by Gasteiger charge is -2.27. The van der Waals surface area contributed by atoms with E-state index in [1.807, 2.05) is 0 Å². The van der Waals surface area contributed by atoms with Crippen molar-refractivity contribution in [2.75, 3.05) is 45.9 Å². The molecule has 2 N–H and O–H groups in total. The topological polar surface area (TPSA) is 96.7 Å². The second-order valence-corrected chi connectivity index (χ2v) is 4.96. The maximum Gasteiger partial charge on any atom is 0.310 e. The van der Waals surface area contributed by atoms with Crippen LogP contribution < -0.4 is 15.4 Å². The summed E-state index contributed by atoms with van der Waals surface area (Å²) in [5.74, 6) is -0.182. The van der Waals surface area contributed by atoms with E-state index in [0.717, 1.165) is 32.7 Å². The first-order valence-corrected chi connectivity index (χ1v) is 7.23. The SMILES string of the molecule is O=C(COc1ccccc1[N+](=O)[O-])NCCN1CCNCC1. The monoisotopic (exact) mass is 308 g/mol. The molecule has 8 heteroatoms. The van der Waals surface area contributed by atoms with Crippen molar-refractivity contribution in [1.82, 2.24) is 15.5 Å². The van der Waals surface area contributed by atoms with E-state index >= 15 is 0 Å². The van der Waals surface area contributed by atoms with E-state index in [1.54, 1.807) is 12.1 Å². The maximum absolute atomic E-state index is 11.7. The zero-order valence-corrected chi connectivity index (χ0v) is 12.3. The van der Waals surface area contributed by atoms with Gasteiger partial charge in [-0.3, -0.25) is 19.8 Å². The number of benzene rings is 1. The Morgan fingerprint density at radius 3 is 2.82 bits per heavy atom. The quantitative estimate of drug-likeness (QED) is 0.543. The van der Waals surface area contributed by atoms with Crippen LogP contribution in [0.25, 0.3) is 0 Å². The summed E-state index contributed by atoms with van der Waals surface area (Å²) in [6.45, 7) is 4.99. The average Bonchev–Trinajstić information content (AvgIpc) is 2.54. The molecule has 0 aromatic heterocycles. The van der Waals surface area contributed by atoms with E-state index in [-0.39, 0.29) is 24.0 Å². The molecule has 120 valence electrons. The Hall–Kier alpha value is -2.19.